The molecule has 5 fully saturated rings. The maximum Gasteiger partial charge on any atom is 2.00 e. The SMILES string of the molecule is C1CCOC1.CC(/C=C(/C)[N-]c1c(C(C)C)cccc1C(C)C)=[NH+]c1c(C(C)C)cccc1C(C)C.[Ca+2].[O-]C(=NC12CC3CC(CC(C3)C1)C2)N(c1ccccc1)c1ccccc1. The van der Waals surface area contributed by atoms with Crippen LogP contribution in [0.25, 0.3) is 5.32 Å². The van der Waals surface area contributed by atoms with E-state index in [9.17, 15) is 5.11 Å². The summed E-state index contributed by atoms with van der Waals surface area (Å²) in [7, 11) is 0. The number of benzene rings is 4. The number of aliphatic imine (C=N–C) groups is 1. The molecule has 0 unspecified atom stereocenters. The minimum atomic E-state index is -0.107. The van der Waals surface area contributed by atoms with Crippen LogP contribution in [0.3, 0.4) is 0 Å². The van der Waals surface area contributed by atoms with Crippen LogP contribution in [0, 0.1) is 17.8 Å². The second-order valence-corrected chi connectivity index (χ2v) is 19.8. The van der Waals surface area contributed by atoms with E-state index in [4.69, 9.17) is 15.0 Å². The van der Waals surface area contributed by atoms with Crippen LogP contribution in [-0.2, 0) is 4.74 Å². The summed E-state index contributed by atoms with van der Waals surface area (Å²) in [6, 6.07) is 32.9. The van der Waals surface area contributed by atoms with Crippen molar-refractivity contribution in [3.63, 3.8) is 0 Å². The fourth-order valence-corrected chi connectivity index (χ4v) is 10.6. The standard InChI is InChI=1S/C29H41N2.C23H26N2O.C4H8O.Ca/c1-18(2)24-13-11-14-25(19(3)4)28(24)30-22(9)17-23(10)31-29-26(20(5)6)15-12-16-27(29)21(7)8;26-22(24-23-14-17-11-18(15-23)13-19(12-17)16-23)25(20-7-3-1-4-8-20)21-9-5-2-6-10-21;1-2-4-5-3-1;/h11-21H,1-10H3;1-10,17-19H,11-16H2,(H,24,26);1-4H2;/q-1;;;+2/b22-17-,31-23?;;;. The van der Waals surface area contributed by atoms with Crippen molar-refractivity contribution < 1.29 is 14.8 Å². The molecule has 4 aliphatic carbocycles. The maximum atomic E-state index is 13.4. The fraction of sp³-hybridized carbons (Fsp3) is 0.500. The minimum Gasteiger partial charge on any atom is -0.846 e. The van der Waals surface area contributed by atoms with Crippen LogP contribution in [0.5, 0.6) is 0 Å². The van der Waals surface area contributed by atoms with E-state index >= 15 is 0 Å². The molecular weight excluding hydrogens is 801 g/mol. The first-order valence-electron chi connectivity index (χ1n) is 23.7. The van der Waals surface area contributed by atoms with Gasteiger partial charge in [0.15, 0.2) is 5.71 Å². The van der Waals surface area contributed by atoms with E-state index in [1.165, 1.54) is 60.0 Å². The van der Waals surface area contributed by atoms with Gasteiger partial charge in [-0.1, -0.05) is 146 Å². The molecule has 0 spiro atoms. The van der Waals surface area contributed by atoms with Gasteiger partial charge in [0.1, 0.15) is 0 Å². The van der Waals surface area contributed by atoms with Crippen molar-refractivity contribution in [1.29, 1.82) is 0 Å². The number of hydrogen-bond donors (Lipinski definition) is 1. The summed E-state index contributed by atoms with van der Waals surface area (Å²) in [5, 5.41) is 18.5. The Morgan fingerprint density at radius 2 is 1.06 bits per heavy atom. The number of para-hydroxylation sites is 4. The molecule has 0 radical (unpaired) electrons. The predicted molar refractivity (Wildman–Crippen MR) is 266 cm³/mol. The zero-order valence-electron chi connectivity index (χ0n) is 40.3. The summed E-state index contributed by atoms with van der Waals surface area (Å²) in [5.41, 5.74) is 11.6. The van der Waals surface area contributed by atoms with Crippen molar-refractivity contribution in [3.8, 4) is 0 Å². The fourth-order valence-electron chi connectivity index (χ4n) is 10.6. The van der Waals surface area contributed by atoms with E-state index in [2.05, 4.69) is 117 Å². The van der Waals surface area contributed by atoms with Gasteiger partial charge in [0.05, 0.1) is 11.6 Å². The molecule has 5 aliphatic rings. The monoisotopic (exact) mass is 876 g/mol. The van der Waals surface area contributed by atoms with Crippen LogP contribution < -0.4 is 15.0 Å². The molecule has 0 amide bonds. The van der Waals surface area contributed by atoms with Gasteiger partial charge in [-0.15, -0.1) is 5.69 Å². The Hall–Kier alpha value is -3.42. The number of ether oxygens (including phenoxy) is 1. The van der Waals surface area contributed by atoms with E-state index in [1.807, 2.05) is 60.7 Å². The Labute approximate surface area is 411 Å². The van der Waals surface area contributed by atoms with Gasteiger partial charge in [-0.05, 0) is 123 Å². The Morgan fingerprint density at radius 1 is 0.651 bits per heavy atom. The molecule has 7 heteroatoms. The average molecular weight is 876 g/mol. The van der Waals surface area contributed by atoms with Crippen molar-refractivity contribution in [2.24, 2.45) is 22.7 Å². The molecule has 4 saturated carbocycles. The Kier molecular flexibility index (Phi) is 19.0. The van der Waals surface area contributed by atoms with Crippen molar-refractivity contribution in [2.75, 3.05) is 18.1 Å². The molecule has 1 aliphatic heterocycles. The first-order chi connectivity index (χ1) is 29.7. The normalized spacial score (nSPS) is 21.8. The first-order valence-corrected chi connectivity index (χ1v) is 23.7. The molecule has 0 atom stereocenters. The van der Waals surface area contributed by atoms with Crippen LogP contribution in [0.15, 0.2) is 114 Å². The zero-order valence-corrected chi connectivity index (χ0v) is 42.5. The number of allylic oxidation sites excluding steroid dienone is 2. The smallest absolute Gasteiger partial charge is 0.846 e. The molecule has 6 nitrogen and oxygen atoms in total. The summed E-state index contributed by atoms with van der Waals surface area (Å²) in [4.78, 5) is 10.4. The third-order valence-corrected chi connectivity index (χ3v) is 13.1. The number of nitrogens with zero attached hydrogens (tertiary/aromatic N) is 3. The number of rotatable bonds is 11. The largest absolute Gasteiger partial charge is 2.00 e. The molecule has 4 aromatic rings. The number of anilines is 2. The predicted octanol–water partition coefficient (Wildman–Crippen LogP) is 12.9. The molecule has 332 valence electrons. The second kappa shape index (κ2) is 23.7. The van der Waals surface area contributed by atoms with Gasteiger partial charge < -0.3 is 20.1 Å². The van der Waals surface area contributed by atoms with E-state index in [-0.39, 0.29) is 49.3 Å². The third kappa shape index (κ3) is 13.6. The van der Waals surface area contributed by atoms with E-state index in [0.29, 0.717) is 23.7 Å². The molecule has 1 heterocycles. The number of nitrogens with one attached hydrogen (secondary N) is 1. The van der Waals surface area contributed by atoms with E-state index < -0.39 is 0 Å². The summed E-state index contributed by atoms with van der Waals surface area (Å²) < 4.78 is 4.94. The third-order valence-electron chi connectivity index (χ3n) is 13.1. The zero-order chi connectivity index (χ0) is 44.4. The quantitative estimate of drug-likeness (QED) is 0.0926. The Balaban J connectivity index is 0.000000212. The van der Waals surface area contributed by atoms with Gasteiger partial charge >= 0.3 is 37.7 Å². The number of hydrogen-bond acceptors (Lipinski definition) is 3. The van der Waals surface area contributed by atoms with Gasteiger partial charge in [-0.2, -0.15) is 5.70 Å². The van der Waals surface area contributed by atoms with Gasteiger partial charge in [0.2, 0.25) is 5.69 Å². The van der Waals surface area contributed by atoms with E-state index in [0.717, 1.165) is 78.7 Å². The Bertz CT molecular complexity index is 2000. The number of amidine groups is 1. The van der Waals surface area contributed by atoms with Crippen LogP contribution in [0.2, 0.25) is 0 Å². The van der Waals surface area contributed by atoms with Crippen molar-refractivity contribution >= 4 is 72.2 Å². The molecule has 63 heavy (non-hydrogen) atoms. The van der Waals surface area contributed by atoms with Crippen LogP contribution in [0.1, 0.15) is 167 Å². The molecule has 1 saturated heterocycles. The van der Waals surface area contributed by atoms with Crippen molar-refractivity contribution in [1.82, 2.24) is 0 Å². The topological polar surface area (TPSA) is 76.0 Å². The van der Waals surface area contributed by atoms with Crippen LogP contribution in [-0.4, -0.2) is 68.2 Å². The molecule has 4 aromatic carbocycles. The molecule has 9 rings (SSSR count). The van der Waals surface area contributed by atoms with E-state index in [1.54, 1.807) is 4.90 Å². The van der Waals surface area contributed by atoms with Gasteiger partial charge in [0, 0.05) is 42.6 Å². The van der Waals surface area contributed by atoms with Crippen molar-refractivity contribution in [3.05, 3.63) is 136 Å². The summed E-state index contributed by atoms with van der Waals surface area (Å²) >= 11 is 0. The molecular formula is C56H75CaN4O2+. The summed E-state index contributed by atoms with van der Waals surface area (Å²) in [5.74, 6) is 4.20. The molecule has 0 aromatic heterocycles. The Morgan fingerprint density at radius 3 is 1.44 bits per heavy atom. The average Bonchev–Trinajstić information content (AvgIpc) is 3.82. The van der Waals surface area contributed by atoms with Crippen molar-refractivity contribution in [2.45, 2.75) is 150 Å². The summed E-state index contributed by atoms with van der Waals surface area (Å²) in [6.45, 7) is 24.2. The van der Waals surface area contributed by atoms with Gasteiger partial charge in [-0.25, -0.2) is 4.99 Å². The second-order valence-electron chi connectivity index (χ2n) is 19.8. The molecule has 1 N–H and O–H groups in total. The molecule has 4 bridgehead atoms. The first kappa shape index (κ1) is 50.6. The van der Waals surface area contributed by atoms with Gasteiger partial charge in [0.25, 0.3) is 0 Å². The van der Waals surface area contributed by atoms with Crippen LogP contribution >= 0.6 is 0 Å². The maximum absolute atomic E-state index is 13.4. The minimum absolute atomic E-state index is 0. The summed E-state index contributed by atoms with van der Waals surface area (Å²) in [6.07, 6.45) is 12.2. The van der Waals surface area contributed by atoms with Gasteiger partial charge in [-0.3, -0.25) is 4.99 Å². The van der Waals surface area contributed by atoms with Crippen LogP contribution in [0.4, 0.5) is 22.7 Å².